The molecule has 9 heteroatoms. The second-order valence-electron chi connectivity index (χ2n) is 9.50. The summed E-state index contributed by atoms with van der Waals surface area (Å²) in [5.74, 6) is -0.473. The van der Waals surface area contributed by atoms with Gasteiger partial charge in [-0.3, -0.25) is 23.6 Å². The summed E-state index contributed by atoms with van der Waals surface area (Å²) in [5.41, 5.74) is 2.77. The number of fused-ring (bicyclic) bond motifs is 2. The summed E-state index contributed by atoms with van der Waals surface area (Å²) in [6, 6.07) is 24.7. The molecular weight excluding hydrogens is 506 g/mol. The lowest BCUT2D eigenvalue weighted by molar-refractivity contribution is 0.0600. The van der Waals surface area contributed by atoms with Crippen LogP contribution in [-0.4, -0.2) is 37.0 Å². The lowest BCUT2D eigenvalue weighted by atomic mass is 10.0. The van der Waals surface area contributed by atoms with E-state index in [1.165, 1.54) is 18.7 Å². The normalized spacial score (nSPS) is 11.2. The van der Waals surface area contributed by atoms with Gasteiger partial charge in [0.05, 0.1) is 31.5 Å². The monoisotopic (exact) mass is 531 g/mol. The molecule has 0 saturated heterocycles. The molecule has 6 aromatic rings. The second kappa shape index (κ2) is 10.1. The molecule has 9 nitrogen and oxygen atoms in total. The lowest BCUT2D eigenvalue weighted by Crippen LogP contribution is -2.38. The SMILES string of the molecule is COC(=O)c1cccc(Cn2c(=O)n(C)c(=O)c3c(-c4ccncc4)n(Cc4cccc5ccccc45)nc32)c1. The summed E-state index contributed by atoms with van der Waals surface area (Å²) in [5, 5.41) is 7.39. The van der Waals surface area contributed by atoms with Crippen LogP contribution in [0.4, 0.5) is 0 Å². The van der Waals surface area contributed by atoms with Crippen molar-refractivity contribution in [3.8, 4) is 11.3 Å². The molecule has 0 saturated carbocycles. The van der Waals surface area contributed by atoms with Gasteiger partial charge in [-0.1, -0.05) is 54.6 Å². The number of nitrogens with zero attached hydrogens (tertiary/aromatic N) is 5. The van der Waals surface area contributed by atoms with Crippen molar-refractivity contribution in [1.82, 2.24) is 23.9 Å². The Kier molecular flexibility index (Phi) is 6.31. The van der Waals surface area contributed by atoms with E-state index in [1.54, 1.807) is 35.3 Å². The second-order valence-corrected chi connectivity index (χ2v) is 9.50. The number of benzene rings is 3. The highest BCUT2D eigenvalue weighted by Gasteiger charge is 2.23. The molecule has 0 unspecified atom stereocenters. The van der Waals surface area contributed by atoms with Gasteiger partial charge in [-0.05, 0) is 46.2 Å². The number of carbonyl (C=O) groups excluding carboxylic acids is 1. The summed E-state index contributed by atoms with van der Waals surface area (Å²) in [7, 11) is 2.78. The zero-order valence-electron chi connectivity index (χ0n) is 21.9. The Morgan fingerprint density at radius 3 is 2.45 bits per heavy atom. The zero-order chi connectivity index (χ0) is 27.8. The maximum atomic E-state index is 13.6. The van der Waals surface area contributed by atoms with Crippen molar-refractivity contribution in [2.45, 2.75) is 13.1 Å². The molecule has 0 aliphatic heterocycles. The van der Waals surface area contributed by atoms with Crippen molar-refractivity contribution in [2.75, 3.05) is 7.11 Å². The third-order valence-corrected chi connectivity index (χ3v) is 7.07. The summed E-state index contributed by atoms with van der Waals surface area (Å²) >= 11 is 0. The van der Waals surface area contributed by atoms with Crippen LogP contribution in [0.1, 0.15) is 21.5 Å². The molecule has 0 radical (unpaired) electrons. The van der Waals surface area contributed by atoms with Gasteiger partial charge in [-0.2, -0.15) is 5.10 Å². The van der Waals surface area contributed by atoms with Crippen LogP contribution in [0, 0.1) is 0 Å². The highest BCUT2D eigenvalue weighted by Crippen LogP contribution is 2.28. The maximum Gasteiger partial charge on any atom is 0.337 e. The van der Waals surface area contributed by atoms with Crippen LogP contribution in [0.5, 0.6) is 0 Å². The molecule has 3 heterocycles. The van der Waals surface area contributed by atoms with Crippen molar-refractivity contribution in [3.63, 3.8) is 0 Å². The molecule has 6 rings (SSSR count). The number of esters is 1. The molecule has 0 bridgehead atoms. The number of aromatic nitrogens is 5. The minimum absolute atomic E-state index is 0.107. The number of rotatable bonds is 6. The Labute approximate surface area is 228 Å². The number of methoxy groups -OCH3 is 1. The van der Waals surface area contributed by atoms with E-state index >= 15 is 0 Å². The molecule has 0 atom stereocenters. The van der Waals surface area contributed by atoms with E-state index in [1.807, 2.05) is 42.5 Å². The average Bonchev–Trinajstić information content (AvgIpc) is 3.37. The maximum absolute atomic E-state index is 13.6. The third kappa shape index (κ3) is 4.27. The average molecular weight is 532 g/mol. The van der Waals surface area contributed by atoms with E-state index in [0.717, 1.165) is 26.5 Å². The van der Waals surface area contributed by atoms with Crippen molar-refractivity contribution in [3.05, 3.63) is 129 Å². The number of pyridine rings is 1. The highest BCUT2D eigenvalue weighted by atomic mass is 16.5. The van der Waals surface area contributed by atoms with Crippen LogP contribution in [-0.2, 0) is 24.9 Å². The standard InChI is InChI=1S/C31H25N5O4/c1-34-29(37)26-27(22-13-15-32-16-14-22)36(19-24-11-6-9-21-8-3-4-12-25(21)24)33-28(26)35(31(34)39)18-20-7-5-10-23(17-20)30(38)40-2/h3-17H,18-19H2,1-2H3. The van der Waals surface area contributed by atoms with Crippen molar-refractivity contribution in [1.29, 1.82) is 0 Å². The Morgan fingerprint density at radius 2 is 1.65 bits per heavy atom. The molecule has 3 aromatic carbocycles. The van der Waals surface area contributed by atoms with Gasteiger partial charge in [0.15, 0.2) is 5.65 Å². The number of hydrogen-bond donors (Lipinski definition) is 0. The summed E-state index contributed by atoms with van der Waals surface area (Å²) in [6.07, 6.45) is 3.32. The van der Waals surface area contributed by atoms with E-state index < -0.39 is 17.2 Å². The van der Waals surface area contributed by atoms with Crippen LogP contribution < -0.4 is 11.2 Å². The number of ether oxygens (including phenoxy) is 1. The molecule has 3 aromatic heterocycles. The van der Waals surface area contributed by atoms with Crippen LogP contribution in [0.2, 0.25) is 0 Å². The Hall–Kier alpha value is -5.31. The van der Waals surface area contributed by atoms with Gasteiger partial charge < -0.3 is 4.74 Å². The van der Waals surface area contributed by atoms with Crippen molar-refractivity contribution in [2.24, 2.45) is 7.05 Å². The molecule has 0 aliphatic rings. The minimum atomic E-state index is -0.503. The van der Waals surface area contributed by atoms with Gasteiger partial charge in [0, 0.05) is 25.0 Å². The fraction of sp³-hybridized carbons (Fsp3) is 0.129. The summed E-state index contributed by atoms with van der Waals surface area (Å²) in [6.45, 7) is 0.484. The first-order valence-corrected chi connectivity index (χ1v) is 12.7. The van der Waals surface area contributed by atoms with Gasteiger partial charge in [0.2, 0.25) is 0 Å². The van der Waals surface area contributed by atoms with E-state index in [4.69, 9.17) is 9.84 Å². The van der Waals surface area contributed by atoms with Crippen LogP contribution in [0.15, 0.2) is 101 Å². The van der Waals surface area contributed by atoms with Crippen molar-refractivity contribution < 1.29 is 9.53 Å². The van der Waals surface area contributed by atoms with E-state index in [0.29, 0.717) is 28.8 Å². The Bertz CT molecular complexity index is 2020. The Balaban J connectivity index is 1.60. The van der Waals surface area contributed by atoms with Gasteiger partial charge in [-0.15, -0.1) is 0 Å². The fourth-order valence-electron chi connectivity index (χ4n) is 5.11. The van der Waals surface area contributed by atoms with Crippen LogP contribution in [0.3, 0.4) is 0 Å². The first-order chi connectivity index (χ1) is 19.5. The van der Waals surface area contributed by atoms with Crippen molar-refractivity contribution >= 4 is 27.8 Å². The molecule has 40 heavy (non-hydrogen) atoms. The summed E-state index contributed by atoms with van der Waals surface area (Å²) < 4.78 is 9.20. The van der Waals surface area contributed by atoms with Gasteiger partial charge >= 0.3 is 11.7 Å². The fourth-order valence-corrected chi connectivity index (χ4v) is 5.11. The topological polar surface area (TPSA) is 101 Å². The molecule has 0 amide bonds. The van der Waals surface area contributed by atoms with E-state index in [2.05, 4.69) is 23.2 Å². The van der Waals surface area contributed by atoms with E-state index in [9.17, 15) is 14.4 Å². The summed E-state index contributed by atoms with van der Waals surface area (Å²) in [4.78, 5) is 43.3. The van der Waals surface area contributed by atoms with E-state index in [-0.39, 0.29) is 12.2 Å². The highest BCUT2D eigenvalue weighted by molar-refractivity contribution is 5.92. The molecule has 0 N–H and O–H groups in total. The first-order valence-electron chi connectivity index (χ1n) is 12.7. The quantitative estimate of drug-likeness (QED) is 0.301. The first kappa shape index (κ1) is 25.0. The largest absolute Gasteiger partial charge is 0.465 e. The van der Waals surface area contributed by atoms with Gasteiger partial charge in [0.1, 0.15) is 5.39 Å². The smallest absolute Gasteiger partial charge is 0.337 e. The molecule has 198 valence electrons. The van der Waals surface area contributed by atoms with Gasteiger partial charge in [-0.25, -0.2) is 9.59 Å². The number of carbonyl (C=O) groups is 1. The molecular formula is C31H25N5O4. The predicted octanol–water partition coefficient (Wildman–Crippen LogP) is 4.00. The Morgan fingerprint density at radius 1 is 0.900 bits per heavy atom. The van der Waals surface area contributed by atoms with Gasteiger partial charge in [0.25, 0.3) is 5.56 Å². The number of hydrogen-bond acceptors (Lipinski definition) is 6. The molecule has 0 fully saturated rings. The predicted molar refractivity (Wildman–Crippen MR) is 152 cm³/mol. The van der Waals surface area contributed by atoms with Crippen LogP contribution >= 0.6 is 0 Å². The minimum Gasteiger partial charge on any atom is -0.465 e. The van der Waals surface area contributed by atoms with Crippen LogP contribution in [0.25, 0.3) is 33.1 Å². The molecule has 0 aliphatic carbocycles. The third-order valence-electron chi connectivity index (χ3n) is 7.07. The lowest BCUT2D eigenvalue weighted by Gasteiger charge is -2.10. The zero-order valence-corrected chi connectivity index (χ0v) is 21.9. The molecule has 0 spiro atoms.